The average Bonchev–Trinajstić information content (AvgIpc) is 2.42. The van der Waals surface area contributed by atoms with E-state index in [1.165, 1.54) is 11.1 Å². The lowest BCUT2D eigenvalue weighted by Crippen LogP contribution is -2.19. The normalized spacial score (nSPS) is 10.0. The van der Waals surface area contributed by atoms with Gasteiger partial charge >= 0.3 is 6.03 Å². The van der Waals surface area contributed by atoms with Gasteiger partial charge in [0.1, 0.15) is 0 Å². The van der Waals surface area contributed by atoms with Gasteiger partial charge in [-0.1, -0.05) is 36.8 Å². The minimum atomic E-state index is -0.229. The van der Waals surface area contributed by atoms with Crippen molar-refractivity contribution in [1.82, 2.24) is 0 Å². The largest absolute Gasteiger partial charge is 0.323 e. The second kappa shape index (κ2) is 6.05. The monoisotopic (exact) mass is 254 g/mol. The van der Waals surface area contributed by atoms with E-state index >= 15 is 0 Å². The highest BCUT2D eigenvalue weighted by Crippen LogP contribution is 2.12. The number of hydrogen-bond acceptors (Lipinski definition) is 1. The fourth-order valence-corrected chi connectivity index (χ4v) is 1.75. The van der Waals surface area contributed by atoms with Crippen molar-refractivity contribution in [2.45, 2.75) is 20.3 Å². The molecule has 0 aliphatic heterocycles. The number of anilines is 2. The summed E-state index contributed by atoms with van der Waals surface area (Å²) in [7, 11) is 0. The minimum Gasteiger partial charge on any atom is -0.308 e. The molecule has 19 heavy (non-hydrogen) atoms. The Bertz CT molecular complexity index is 544. The van der Waals surface area contributed by atoms with Crippen molar-refractivity contribution in [2.24, 2.45) is 0 Å². The summed E-state index contributed by atoms with van der Waals surface area (Å²) >= 11 is 0. The molecule has 0 heterocycles. The topological polar surface area (TPSA) is 41.1 Å². The summed E-state index contributed by atoms with van der Waals surface area (Å²) in [5.74, 6) is 0. The van der Waals surface area contributed by atoms with Gasteiger partial charge in [0.2, 0.25) is 0 Å². The van der Waals surface area contributed by atoms with Crippen molar-refractivity contribution in [1.29, 1.82) is 0 Å². The quantitative estimate of drug-likeness (QED) is 0.846. The van der Waals surface area contributed by atoms with E-state index in [-0.39, 0.29) is 6.03 Å². The van der Waals surface area contributed by atoms with Gasteiger partial charge < -0.3 is 10.6 Å². The second-order valence-corrected chi connectivity index (χ2v) is 4.50. The predicted octanol–water partition coefficient (Wildman–Crippen LogP) is 4.20. The molecular formula is C16H18N2O. The third-order valence-corrected chi connectivity index (χ3v) is 2.93. The molecule has 2 aromatic rings. The minimum absolute atomic E-state index is 0.229. The van der Waals surface area contributed by atoms with E-state index in [2.05, 4.69) is 17.6 Å². The number of aryl methyl sites for hydroxylation is 2. The van der Waals surface area contributed by atoms with E-state index in [1.54, 1.807) is 0 Å². The molecule has 0 aromatic heterocycles. The Labute approximate surface area is 113 Å². The van der Waals surface area contributed by atoms with Gasteiger partial charge in [-0.15, -0.1) is 0 Å². The number of hydrogen-bond donors (Lipinski definition) is 2. The molecule has 0 fully saturated rings. The van der Waals surface area contributed by atoms with Crippen LogP contribution in [0.3, 0.4) is 0 Å². The lowest BCUT2D eigenvalue weighted by molar-refractivity contribution is 0.262. The van der Waals surface area contributed by atoms with Gasteiger partial charge in [-0.25, -0.2) is 4.79 Å². The van der Waals surface area contributed by atoms with Crippen molar-refractivity contribution >= 4 is 17.4 Å². The molecule has 0 aliphatic carbocycles. The Morgan fingerprint density at radius 1 is 0.895 bits per heavy atom. The summed E-state index contributed by atoms with van der Waals surface area (Å²) in [6.45, 7) is 4.12. The highest BCUT2D eigenvalue weighted by atomic mass is 16.2. The Kier molecular flexibility index (Phi) is 4.18. The van der Waals surface area contributed by atoms with Crippen molar-refractivity contribution < 1.29 is 4.79 Å². The summed E-state index contributed by atoms with van der Waals surface area (Å²) in [6, 6.07) is 15.3. The maximum Gasteiger partial charge on any atom is 0.323 e. The number of nitrogens with one attached hydrogen (secondary N) is 2. The summed E-state index contributed by atoms with van der Waals surface area (Å²) in [5, 5.41) is 5.60. The van der Waals surface area contributed by atoms with Crippen LogP contribution in [0.15, 0.2) is 48.5 Å². The fourth-order valence-electron chi connectivity index (χ4n) is 1.75. The van der Waals surface area contributed by atoms with E-state index in [9.17, 15) is 4.79 Å². The zero-order chi connectivity index (χ0) is 13.7. The average molecular weight is 254 g/mol. The van der Waals surface area contributed by atoms with Crippen molar-refractivity contribution in [3.63, 3.8) is 0 Å². The number of urea groups is 1. The lowest BCUT2D eigenvalue weighted by Gasteiger charge is -2.08. The first kappa shape index (κ1) is 13.1. The van der Waals surface area contributed by atoms with Crippen LogP contribution in [0.1, 0.15) is 18.1 Å². The first-order valence-electron chi connectivity index (χ1n) is 6.41. The molecule has 0 spiro atoms. The summed E-state index contributed by atoms with van der Waals surface area (Å²) < 4.78 is 0. The van der Waals surface area contributed by atoms with Gasteiger partial charge in [0.15, 0.2) is 0 Å². The zero-order valence-electron chi connectivity index (χ0n) is 11.2. The summed E-state index contributed by atoms with van der Waals surface area (Å²) in [6.07, 6.45) is 0.996. The van der Waals surface area contributed by atoms with E-state index < -0.39 is 0 Å². The third-order valence-electron chi connectivity index (χ3n) is 2.93. The van der Waals surface area contributed by atoms with Crippen molar-refractivity contribution in [3.05, 3.63) is 59.7 Å². The van der Waals surface area contributed by atoms with Crippen LogP contribution in [0, 0.1) is 6.92 Å². The standard InChI is InChI=1S/C16H18N2O/c1-3-13-6-10-15(11-7-13)18-16(19)17-14-8-4-12(2)5-9-14/h4-11H,3H2,1-2H3,(H2,17,18,19). The molecular weight excluding hydrogens is 236 g/mol. The van der Waals surface area contributed by atoms with Crippen LogP contribution < -0.4 is 10.6 Å². The first-order valence-corrected chi connectivity index (χ1v) is 6.41. The van der Waals surface area contributed by atoms with Gasteiger partial charge in [-0.05, 0) is 43.2 Å². The van der Waals surface area contributed by atoms with Crippen molar-refractivity contribution in [2.75, 3.05) is 10.6 Å². The summed E-state index contributed by atoms with van der Waals surface area (Å²) in [4.78, 5) is 11.8. The van der Waals surface area contributed by atoms with E-state index in [0.29, 0.717) is 0 Å². The molecule has 0 radical (unpaired) electrons. The van der Waals surface area contributed by atoms with E-state index in [0.717, 1.165) is 17.8 Å². The molecule has 0 saturated carbocycles. The smallest absolute Gasteiger partial charge is 0.308 e. The number of rotatable bonds is 3. The molecule has 0 aliphatic rings. The molecule has 0 unspecified atom stereocenters. The zero-order valence-corrected chi connectivity index (χ0v) is 11.2. The van der Waals surface area contributed by atoms with Crippen molar-refractivity contribution in [3.8, 4) is 0 Å². The molecule has 2 aromatic carbocycles. The van der Waals surface area contributed by atoms with Crippen LogP contribution >= 0.6 is 0 Å². The molecule has 0 saturated heterocycles. The molecule has 0 atom stereocenters. The lowest BCUT2D eigenvalue weighted by atomic mass is 10.1. The molecule has 2 rings (SSSR count). The highest BCUT2D eigenvalue weighted by molar-refractivity contribution is 5.99. The van der Waals surface area contributed by atoms with Gasteiger partial charge in [0.05, 0.1) is 0 Å². The fraction of sp³-hybridized carbons (Fsp3) is 0.188. The van der Waals surface area contributed by atoms with Gasteiger partial charge in [-0.3, -0.25) is 0 Å². The number of benzene rings is 2. The van der Waals surface area contributed by atoms with E-state index in [1.807, 2.05) is 55.5 Å². The molecule has 2 N–H and O–H groups in total. The first-order chi connectivity index (χ1) is 9.17. The third kappa shape index (κ3) is 3.85. The summed E-state index contributed by atoms with van der Waals surface area (Å²) in [5.41, 5.74) is 4.00. The van der Waals surface area contributed by atoms with Crippen LogP contribution in [-0.2, 0) is 6.42 Å². The van der Waals surface area contributed by atoms with Gasteiger partial charge in [0.25, 0.3) is 0 Å². The molecule has 2 amide bonds. The number of carbonyl (C=O) groups excluding carboxylic acids is 1. The van der Waals surface area contributed by atoms with Gasteiger partial charge in [-0.2, -0.15) is 0 Å². The van der Waals surface area contributed by atoms with E-state index in [4.69, 9.17) is 0 Å². The Balaban J connectivity index is 1.95. The van der Waals surface area contributed by atoms with Crippen LogP contribution in [0.4, 0.5) is 16.2 Å². The van der Waals surface area contributed by atoms with Gasteiger partial charge in [0, 0.05) is 11.4 Å². The Hall–Kier alpha value is -2.29. The predicted molar refractivity (Wildman–Crippen MR) is 79.6 cm³/mol. The van der Waals surface area contributed by atoms with Crippen LogP contribution in [0.5, 0.6) is 0 Å². The molecule has 3 heteroatoms. The number of carbonyl (C=O) groups is 1. The second-order valence-electron chi connectivity index (χ2n) is 4.50. The highest BCUT2D eigenvalue weighted by Gasteiger charge is 2.02. The maximum absolute atomic E-state index is 11.8. The number of amides is 2. The molecule has 3 nitrogen and oxygen atoms in total. The Morgan fingerprint density at radius 3 is 1.84 bits per heavy atom. The molecule has 98 valence electrons. The molecule has 0 bridgehead atoms. The van der Waals surface area contributed by atoms with Crippen LogP contribution in [-0.4, -0.2) is 6.03 Å². The Morgan fingerprint density at radius 2 is 1.37 bits per heavy atom. The van der Waals surface area contributed by atoms with Crippen LogP contribution in [0.25, 0.3) is 0 Å². The maximum atomic E-state index is 11.8. The van der Waals surface area contributed by atoms with Crippen LogP contribution in [0.2, 0.25) is 0 Å². The SMILES string of the molecule is CCc1ccc(NC(=O)Nc2ccc(C)cc2)cc1.